The van der Waals surface area contributed by atoms with Gasteiger partial charge in [-0.3, -0.25) is 0 Å². The summed E-state index contributed by atoms with van der Waals surface area (Å²) in [5, 5.41) is 4.81. The molecule has 2 aliphatic heterocycles. The molecule has 0 radical (unpaired) electrons. The summed E-state index contributed by atoms with van der Waals surface area (Å²) in [6.45, 7) is 11.9. The van der Waals surface area contributed by atoms with Gasteiger partial charge >= 0.3 is 5.63 Å². The summed E-state index contributed by atoms with van der Waals surface area (Å²) >= 11 is 0. The largest absolute Gasteiger partial charge is 0.489 e. The Hall–Kier alpha value is -2.92. The fourth-order valence-electron chi connectivity index (χ4n) is 4.14. The van der Waals surface area contributed by atoms with Crippen LogP contribution in [0, 0.1) is 5.92 Å². The maximum absolute atomic E-state index is 12.4. The van der Waals surface area contributed by atoms with Gasteiger partial charge < -0.3 is 13.9 Å². The Morgan fingerprint density at radius 2 is 1.97 bits per heavy atom. The SMILES string of the molecule is CC(C)c1cc(=O)oc2c3c(c4c(c12)OC(C)(C)C=C4)O[C@@H](C)[C@H](C)[C@@H]3N=[N+]=[N-]. The van der Waals surface area contributed by atoms with Gasteiger partial charge in [-0.05, 0) is 49.9 Å². The maximum Gasteiger partial charge on any atom is 0.336 e. The maximum atomic E-state index is 12.4. The topological polar surface area (TPSA) is 97.4 Å². The van der Waals surface area contributed by atoms with Crippen LogP contribution >= 0.6 is 0 Å². The minimum Gasteiger partial charge on any atom is -0.489 e. The molecule has 152 valence electrons. The highest BCUT2D eigenvalue weighted by atomic mass is 16.5. The fraction of sp³-hybridized carbons (Fsp3) is 0.500. The third-order valence-corrected chi connectivity index (χ3v) is 5.85. The van der Waals surface area contributed by atoms with Gasteiger partial charge in [0.15, 0.2) is 0 Å². The molecule has 3 heterocycles. The number of nitrogens with zero attached hydrogens (tertiary/aromatic N) is 3. The van der Waals surface area contributed by atoms with E-state index in [1.807, 2.05) is 53.7 Å². The van der Waals surface area contributed by atoms with Crippen molar-refractivity contribution in [3.63, 3.8) is 0 Å². The average Bonchev–Trinajstić information content (AvgIpc) is 2.63. The average molecular weight is 395 g/mol. The molecule has 7 nitrogen and oxygen atoms in total. The summed E-state index contributed by atoms with van der Waals surface area (Å²) in [6.07, 6.45) is 3.79. The molecule has 0 saturated carbocycles. The Morgan fingerprint density at radius 3 is 2.62 bits per heavy atom. The molecule has 0 fully saturated rings. The molecular weight excluding hydrogens is 370 g/mol. The van der Waals surface area contributed by atoms with E-state index in [-0.39, 0.29) is 17.9 Å². The number of ether oxygens (including phenoxy) is 2. The highest BCUT2D eigenvalue weighted by Gasteiger charge is 2.40. The molecule has 0 N–H and O–H groups in total. The van der Waals surface area contributed by atoms with Crippen LogP contribution in [0.4, 0.5) is 0 Å². The monoisotopic (exact) mass is 395 g/mol. The van der Waals surface area contributed by atoms with Gasteiger partial charge in [-0.25, -0.2) is 4.79 Å². The lowest BCUT2D eigenvalue weighted by atomic mass is 9.83. The Bertz CT molecular complexity index is 1140. The Labute approximate surface area is 168 Å². The smallest absolute Gasteiger partial charge is 0.336 e. The van der Waals surface area contributed by atoms with Gasteiger partial charge in [0.05, 0.1) is 23.1 Å². The summed E-state index contributed by atoms with van der Waals surface area (Å²) in [4.78, 5) is 15.5. The van der Waals surface area contributed by atoms with Crippen molar-refractivity contribution in [1.29, 1.82) is 0 Å². The first kappa shape index (κ1) is 19.4. The molecular formula is C22H25N3O4. The van der Waals surface area contributed by atoms with E-state index in [9.17, 15) is 10.3 Å². The van der Waals surface area contributed by atoms with E-state index >= 15 is 0 Å². The van der Waals surface area contributed by atoms with Crippen LogP contribution in [0.3, 0.4) is 0 Å². The summed E-state index contributed by atoms with van der Waals surface area (Å²) in [5.74, 6) is 1.18. The second kappa shape index (κ2) is 6.56. The van der Waals surface area contributed by atoms with Crippen LogP contribution in [0.15, 0.2) is 26.5 Å². The molecule has 0 saturated heterocycles. The van der Waals surface area contributed by atoms with Gasteiger partial charge in [-0.15, -0.1) is 0 Å². The first-order chi connectivity index (χ1) is 13.6. The molecule has 0 spiro atoms. The molecule has 0 amide bonds. The first-order valence-corrected chi connectivity index (χ1v) is 9.91. The van der Waals surface area contributed by atoms with Crippen molar-refractivity contribution in [2.45, 2.75) is 65.2 Å². The van der Waals surface area contributed by atoms with E-state index in [1.165, 1.54) is 6.07 Å². The van der Waals surface area contributed by atoms with Crippen LogP contribution in [0.1, 0.15) is 70.2 Å². The van der Waals surface area contributed by atoms with Crippen molar-refractivity contribution in [3.05, 3.63) is 49.7 Å². The van der Waals surface area contributed by atoms with Crippen molar-refractivity contribution in [3.8, 4) is 11.5 Å². The third-order valence-electron chi connectivity index (χ3n) is 5.85. The fourth-order valence-corrected chi connectivity index (χ4v) is 4.14. The normalized spacial score (nSPS) is 24.3. The van der Waals surface area contributed by atoms with E-state index in [0.717, 1.165) is 16.5 Å². The molecule has 0 bridgehead atoms. The van der Waals surface area contributed by atoms with Gasteiger partial charge in [0.1, 0.15) is 22.7 Å². The van der Waals surface area contributed by atoms with Gasteiger partial charge in [-0.2, -0.15) is 0 Å². The minimum absolute atomic E-state index is 0.0696. The second-order valence-electron chi connectivity index (χ2n) is 8.74. The molecule has 3 atom stereocenters. The summed E-state index contributed by atoms with van der Waals surface area (Å²) < 4.78 is 18.3. The molecule has 2 aliphatic rings. The molecule has 4 rings (SSSR count). The molecule has 0 unspecified atom stereocenters. The number of azide groups is 1. The van der Waals surface area contributed by atoms with Crippen LogP contribution in [-0.2, 0) is 0 Å². The van der Waals surface area contributed by atoms with Crippen LogP contribution in [0.25, 0.3) is 27.5 Å². The van der Waals surface area contributed by atoms with E-state index in [4.69, 9.17) is 13.9 Å². The summed E-state index contributed by atoms with van der Waals surface area (Å²) in [5.41, 5.74) is 10.9. The zero-order valence-corrected chi connectivity index (χ0v) is 17.5. The van der Waals surface area contributed by atoms with Crippen LogP contribution < -0.4 is 15.1 Å². The predicted octanol–water partition coefficient (Wildman–Crippen LogP) is 5.87. The molecule has 1 aromatic heterocycles. The zero-order chi connectivity index (χ0) is 21.1. The molecule has 1 aromatic carbocycles. The lowest BCUT2D eigenvalue weighted by Crippen LogP contribution is -2.33. The van der Waals surface area contributed by atoms with E-state index in [1.54, 1.807) is 0 Å². The van der Waals surface area contributed by atoms with Crippen molar-refractivity contribution < 1.29 is 13.9 Å². The lowest BCUT2D eigenvalue weighted by Gasteiger charge is -2.38. The van der Waals surface area contributed by atoms with Crippen LogP contribution in [0.5, 0.6) is 11.5 Å². The van der Waals surface area contributed by atoms with Crippen molar-refractivity contribution in [2.24, 2.45) is 11.0 Å². The number of hydrogen-bond acceptors (Lipinski definition) is 5. The number of rotatable bonds is 2. The molecule has 29 heavy (non-hydrogen) atoms. The van der Waals surface area contributed by atoms with E-state index in [2.05, 4.69) is 10.0 Å². The lowest BCUT2D eigenvalue weighted by molar-refractivity contribution is 0.116. The number of hydrogen-bond donors (Lipinski definition) is 0. The molecule has 0 aliphatic carbocycles. The van der Waals surface area contributed by atoms with Gasteiger partial charge in [0.2, 0.25) is 0 Å². The highest BCUT2D eigenvalue weighted by Crippen LogP contribution is 2.53. The van der Waals surface area contributed by atoms with Crippen molar-refractivity contribution in [2.75, 3.05) is 0 Å². The van der Waals surface area contributed by atoms with E-state index < -0.39 is 17.3 Å². The van der Waals surface area contributed by atoms with Crippen LogP contribution in [-0.4, -0.2) is 11.7 Å². The molecule has 7 heteroatoms. The quantitative estimate of drug-likeness (QED) is 0.275. The van der Waals surface area contributed by atoms with Crippen LogP contribution in [0.2, 0.25) is 0 Å². The Balaban J connectivity index is 2.23. The second-order valence-corrected chi connectivity index (χ2v) is 8.74. The third kappa shape index (κ3) is 2.97. The van der Waals surface area contributed by atoms with Gasteiger partial charge in [0, 0.05) is 22.5 Å². The number of fused-ring (bicyclic) bond motifs is 6. The number of benzene rings is 1. The predicted molar refractivity (Wildman–Crippen MR) is 111 cm³/mol. The van der Waals surface area contributed by atoms with Crippen molar-refractivity contribution in [1.82, 2.24) is 0 Å². The Morgan fingerprint density at radius 1 is 1.24 bits per heavy atom. The molecule has 2 aromatic rings. The summed E-state index contributed by atoms with van der Waals surface area (Å²) in [6, 6.07) is 1.01. The van der Waals surface area contributed by atoms with Gasteiger partial charge in [0.25, 0.3) is 0 Å². The van der Waals surface area contributed by atoms with Gasteiger partial charge in [-0.1, -0.05) is 25.9 Å². The van der Waals surface area contributed by atoms with Crippen molar-refractivity contribution >= 4 is 17.0 Å². The summed E-state index contributed by atoms with van der Waals surface area (Å²) in [7, 11) is 0. The minimum atomic E-state index is -0.518. The van der Waals surface area contributed by atoms with E-state index in [0.29, 0.717) is 22.6 Å². The zero-order valence-electron chi connectivity index (χ0n) is 17.5. The standard InChI is InChI=1S/C22H25N3O4/c1-10(2)14-9-15(26)28-21-16(14)20-13(7-8-22(5,6)29-20)19-17(21)18(24-25-23)11(3)12(4)27-19/h7-12,18H,1-6H3/t11-,12-,18-/m0/s1. The first-order valence-electron chi connectivity index (χ1n) is 9.91. The Kier molecular flexibility index (Phi) is 4.39. The highest BCUT2D eigenvalue weighted by molar-refractivity contribution is 5.97.